The van der Waals surface area contributed by atoms with Gasteiger partial charge in [-0.15, -0.1) is 10.2 Å². The lowest BCUT2D eigenvalue weighted by Crippen LogP contribution is -2.00. The highest BCUT2D eigenvalue weighted by Gasteiger charge is 2.15. The third kappa shape index (κ3) is 2.93. The second kappa shape index (κ2) is 6.48. The average molecular weight is 381 g/mol. The summed E-state index contributed by atoms with van der Waals surface area (Å²) in [5, 5.41) is 8.48. The highest BCUT2D eigenvalue weighted by molar-refractivity contribution is 7.20. The maximum absolute atomic E-state index is 5.86. The minimum Gasteiger partial charge on any atom is -0.497 e. The number of thiazole rings is 1. The highest BCUT2D eigenvalue weighted by atomic mass is 32.1. The third-order valence-corrected chi connectivity index (χ3v) is 5.27. The van der Waals surface area contributed by atoms with Crippen LogP contribution in [0.15, 0.2) is 48.7 Å². The van der Waals surface area contributed by atoms with Crippen LogP contribution in [0.2, 0.25) is 0 Å². The molecule has 0 fully saturated rings. The van der Waals surface area contributed by atoms with Gasteiger partial charge in [0.2, 0.25) is 11.8 Å². The Balaban J connectivity index is 1.38. The van der Waals surface area contributed by atoms with Crippen LogP contribution in [0.1, 0.15) is 5.82 Å². The molecule has 0 amide bonds. The first-order valence-electron chi connectivity index (χ1n) is 8.30. The van der Waals surface area contributed by atoms with E-state index in [0.717, 1.165) is 32.7 Å². The Hall–Kier alpha value is -3.26. The molecular weight excluding hydrogens is 366 g/mol. The van der Waals surface area contributed by atoms with Crippen molar-refractivity contribution in [3.8, 4) is 33.4 Å². The molecule has 7 nitrogen and oxygen atoms in total. The largest absolute Gasteiger partial charge is 0.497 e. The predicted octanol–water partition coefficient (Wildman–Crippen LogP) is 3.77. The van der Waals surface area contributed by atoms with Crippen LogP contribution in [0.4, 0.5) is 0 Å². The second-order valence-electron chi connectivity index (χ2n) is 5.90. The van der Waals surface area contributed by atoms with Gasteiger partial charge in [0.05, 0.1) is 12.0 Å². The molecule has 1 aliphatic rings. The van der Waals surface area contributed by atoms with Gasteiger partial charge >= 0.3 is 0 Å². The zero-order valence-electron chi connectivity index (χ0n) is 14.4. The van der Waals surface area contributed by atoms with Crippen molar-refractivity contribution in [1.29, 1.82) is 0 Å². The van der Waals surface area contributed by atoms with Crippen LogP contribution in [-0.4, -0.2) is 28.5 Å². The van der Waals surface area contributed by atoms with Crippen LogP contribution >= 0.6 is 11.3 Å². The smallest absolute Gasteiger partial charge is 0.231 e. The van der Waals surface area contributed by atoms with Gasteiger partial charge in [0.15, 0.2) is 17.3 Å². The Bertz CT molecular complexity index is 1120. The lowest BCUT2D eigenvalue weighted by Gasteiger charge is -2.05. The third-order valence-electron chi connectivity index (χ3n) is 4.25. The van der Waals surface area contributed by atoms with Crippen LogP contribution in [0.3, 0.4) is 0 Å². The molecule has 3 heterocycles. The molecule has 136 valence electrons. The second-order valence-corrected chi connectivity index (χ2v) is 6.91. The molecule has 27 heavy (non-hydrogen) atoms. The molecule has 0 spiro atoms. The van der Waals surface area contributed by atoms with Crippen LogP contribution in [-0.2, 0) is 6.61 Å². The lowest BCUT2D eigenvalue weighted by molar-refractivity contribution is 0.173. The van der Waals surface area contributed by atoms with Crippen molar-refractivity contribution in [2.45, 2.75) is 6.61 Å². The van der Waals surface area contributed by atoms with Crippen molar-refractivity contribution >= 4 is 16.3 Å². The lowest BCUT2D eigenvalue weighted by atomic mass is 10.2. The van der Waals surface area contributed by atoms with Crippen LogP contribution in [0, 0.1) is 0 Å². The van der Waals surface area contributed by atoms with Gasteiger partial charge in [0, 0.05) is 12.3 Å². The van der Waals surface area contributed by atoms with Crippen LogP contribution in [0.25, 0.3) is 15.4 Å². The summed E-state index contributed by atoms with van der Waals surface area (Å²) in [5.74, 6) is 3.66. The summed E-state index contributed by atoms with van der Waals surface area (Å²) in [6.07, 6.45) is 2.02. The quantitative estimate of drug-likeness (QED) is 0.524. The topological polar surface area (TPSA) is 67.1 Å². The van der Waals surface area contributed by atoms with Gasteiger partial charge in [-0.05, 0) is 29.8 Å². The zero-order valence-corrected chi connectivity index (χ0v) is 15.2. The molecule has 0 unspecified atom stereocenters. The molecule has 2 aromatic heterocycles. The van der Waals surface area contributed by atoms with Crippen molar-refractivity contribution in [1.82, 2.24) is 14.6 Å². The van der Waals surface area contributed by atoms with E-state index in [2.05, 4.69) is 10.2 Å². The number of nitrogens with zero attached hydrogens (tertiary/aromatic N) is 3. The molecule has 0 N–H and O–H groups in total. The van der Waals surface area contributed by atoms with E-state index in [1.54, 1.807) is 18.4 Å². The van der Waals surface area contributed by atoms with E-state index < -0.39 is 0 Å². The fourth-order valence-corrected chi connectivity index (χ4v) is 3.81. The fraction of sp³-hybridized carbons (Fsp3) is 0.158. The summed E-state index contributed by atoms with van der Waals surface area (Å²) in [5.41, 5.74) is 1.08. The van der Waals surface area contributed by atoms with E-state index >= 15 is 0 Å². The standard InChI is InChI=1S/C19H15N3O4S/c1-23-13-4-2-3-12(7-13)17-9-22-18(20-21-19(22)27-17)10-24-14-5-6-15-16(8-14)26-11-25-15/h2-9H,10-11H2,1H3. The average Bonchev–Trinajstić information content (AvgIpc) is 3.42. The summed E-state index contributed by atoms with van der Waals surface area (Å²) in [6.45, 7) is 0.542. The van der Waals surface area contributed by atoms with Gasteiger partial charge in [0.25, 0.3) is 0 Å². The van der Waals surface area contributed by atoms with Gasteiger partial charge in [-0.1, -0.05) is 23.5 Å². The first kappa shape index (κ1) is 16.0. The number of fused-ring (bicyclic) bond motifs is 2. The van der Waals surface area contributed by atoms with Crippen LogP contribution in [0.5, 0.6) is 23.0 Å². The van der Waals surface area contributed by atoms with E-state index in [9.17, 15) is 0 Å². The van der Waals surface area contributed by atoms with E-state index in [1.165, 1.54) is 0 Å². The van der Waals surface area contributed by atoms with Gasteiger partial charge in [-0.2, -0.15) is 0 Å². The van der Waals surface area contributed by atoms with Crippen molar-refractivity contribution in [3.63, 3.8) is 0 Å². The molecule has 0 atom stereocenters. The molecule has 0 saturated carbocycles. The summed E-state index contributed by atoms with van der Waals surface area (Å²) in [6, 6.07) is 13.4. The molecule has 8 heteroatoms. The van der Waals surface area contributed by atoms with Crippen molar-refractivity contribution in [2.75, 3.05) is 13.9 Å². The summed E-state index contributed by atoms with van der Waals surface area (Å²) in [7, 11) is 1.66. The Kier molecular flexibility index (Phi) is 3.83. The monoisotopic (exact) mass is 381 g/mol. The number of hydrogen-bond donors (Lipinski definition) is 0. The molecule has 2 aromatic carbocycles. The SMILES string of the molecule is COc1cccc(-c2cn3c(COc4ccc5c(c4)OCO5)nnc3s2)c1. The van der Waals surface area contributed by atoms with E-state index in [1.807, 2.05) is 53.1 Å². The molecule has 0 saturated heterocycles. The minimum atomic E-state index is 0.242. The Morgan fingerprint density at radius 1 is 1.07 bits per heavy atom. The van der Waals surface area contributed by atoms with Crippen LogP contribution < -0.4 is 18.9 Å². The number of rotatable bonds is 5. The Labute approximate surface area is 158 Å². The van der Waals surface area contributed by atoms with Gasteiger partial charge < -0.3 is 18.9 Å². The van der Waals surface area contributed by atoms with E-state index in [0.29, 0.717) is 18.1 Å². The van der Waals surface area contributed by atoms with Gasteiger partial charge in [-0.25, -0.2) is 0 Å². The number of aromatic nitrogens is 3. The Morgan fingerprint density at radius 3 is 2.93 bits per heavy atom. The molecule has 0 radical (unpaired) electrons. The Morgan fingerprint density at radius 2 is 2.00 bits per heavy atom. The maximum Gasteiger partial charge on any atom is 0.231 e. The molecule has 1 aliphatic heterocycles. The van der Waals surface area contributed by atoms with E-state index in [4.69, 9.17) is 18.9 Å². The first-order chi connectivity index (χ1) is 13.3. The summed E-state index contributed by atoms with van der Waals surface area (Å²) >= 11 is 1.57. The van der Waals surface area contributed by atoms with Crippen molar-refractivity contribution < 1.29 is 18.9 Å². The number of ether oxygens (including phenoxy) is 4. The van der Waals surface area contributed by atoms with Crippen molar-refractivity contribution in [3.05, 3.63) is 54.5 Å². The molecule has 0 bridgehead atoms. The normalized spacial score (nSPS) is 12.5. The number of benzene rings is 2. The number of methoxy groups -OCH3 is 1. The van der Waals surface area contributed by atoms with E-state index in [-0.39, 0.29) is 6.79 Å². The molecule has 4 aromatic rings. The first-order valence-corrected chi connectivity index (χ1v) is 9.12. The van der Waals surface area contributed by atoms with Gasteiger partial charge in [-0.3, -0.25) is 4.40 Å². The highest BCUT2D eigenvalue weighted by Crippen LogP contribution is 2.35. The maximum atomic E-state index is 5.86. The molecule has 5 rings (SSSR count). The zero-order chi connectivity index (χ0) is 18.2. The van der Waals surface area contributed by atoms with Gasteiger partial charge in [0.1, 0.15) is 18.1 Å². The summed E-state index contributed by atoms with van der Waals surface area (Å²) < 4.78 is 23.8. The predicted molar refractivity (Wildman–Crippen MR) is 99.7 cm³/mol. The fourth-order valence-electron chi connectivity index (χ4n) is 2.87. The summed E-state index contributed by atoms with van der Waals surface area (Å²) in [4.78, 5) is 1.90. The minimum absolute atomic E-state index is 0.242. The molecular formula is C19H15N3O4S. The van der Waals surface area contributed by atoms with Crippen molar-refractivity contribution in [2.24, 2.45) is 0 Å². The number of hydrogen-bond acceptors (Lipinski definition) is 7. The molecule has 0 aliphatic carbocycles.